The molecule has 1 aliphatic heterocycles. The predicted octanol–water partition coefficient (Wildman–Crippen LogP) is 1.10. The van der Waals surface area contributed by atoms with Gasteiger partial charge in [-0.15, -0.1) is 0 Å². The summed E-state index contributed by atoms with van der Waals surface area (Å²) < 4.78 is 4.75. The Hall–Kier alpha value is -1.06. The van der Waals surface area contributed by atoms with Crippen molar-refractivity contribution in [1.82, 2.24) is 0 Å². The van der Waals surface area contributed by atoms with Crippen molar-refractivity contribution in [2.24, 2.45) is 11.1 Å². The molecule has 1 saturated carbocycles. The second-order valence-electron chi connectivity index (χ2n) is 3.65. The minimum Gasteiger partial charge on any atom is -0.466 e. The monoisotopic (exact) mass is 183 g/mol. The Morgan fingerprint density at radius 3 is 3.23 bits per heavy atom. The summed E-state index contributed by atoms with van der Waals surface area (Å²) in [6.07, 6.45) is 2.71. The van der Waals surface area contributed by atoms with Crippen LogP contribution in [0.5, 0.6) is 0 Å². The van der Waals surface area contributed by atoms with Crippen LogP contribution >= 0.6 is 0 Å². The Bertz CT molecular complexity index is 274. The van der Waals surface area contributed by atoms with Crippen LogP contribution in [-0.2, 0) is 14.4 Å². The molecule has 1 aliphatic carbocycles. The first kappa shape index (κ1) is 8.53. The standard InChI is InChI=1S/C9H13NO3/c1-6-7-4-3-5-9(7,13-10-6)8(11)12-2/h7H,3-5H2,1-2H3. The van der Waals surface area contributed by atoms with Gasteiger partial charge in [-0.2, -0.15) is 0 Å². The zero-order valence-corrected chi connectivity index (χ0v) is 7.87. The molecule has 72 valence electrons. The van der Waals surface area contributed by atoms with Gasteiger partial charge in [0.25, 0.3) is 0 Å². The maximum Gasteiger partial charge on any atom is 0.353 e. The Balaban J connectivity index is 2.28. The third-order valence-corrected chi connectivity index (χ3v) is 2.99. The second kappa shape index (κ2) is 2.72. The molecule has 13 heavy (non-hydrogen) atoms. The van der Waals surface area contributed by atoms with E-state index < -0.39 is 5.60 Å². The average molecular weight is 183 g/mol. The van der Waals surface area contributed by atoms with E-state index in [9.17, 15) is 4.79 Å². The fraction of sp³-hybridized carbons (Fsp3) is 0.778. The Morgan fingerprint density at radius 2 is 2.54 bits per heavy atom. The molecule has 0 spiro atoms. The highest BCUT2D eigenvalue weighted by molar-refractivity contribution is 5.95. The number of esters is 1. The molecule has 1 fully saturated rings. The first-order valence-corrected chi connectivity index (χ1v) is 4.52. The van der Waals surface area contributed by atoms with E-state index >= 15 is 0 Å². The first-order chi connectivity index (χ1) is 6.20. The molecule has 0 aromatic rings. The molecule has 0 saturated heterocycles. The molecular formula is C9H13NO3. The van der Waals surface area contributed by atoms with Crippen molar-refractivity contribution in [1.29, 1.82) is 0 Å². The van der Waals surface area contributed by atoms with Crippen molar-refractivity contribution in [3.63, 3.8) is 0 Å². The van der Waals surface area contributed by atoms with E-state index in [4.69, 9.17) is 9.57 Å². The topological polar surface area (TPSA) is 47.9 Å². The summed E-state index contributed by atoms with van der Waals surface area (Å²) in [6.45, 7) is 1.90. The number of rotatable bonds is 1. The Kier molecular flexibility index (Phi) is 1.78. The largest absolute Gasteiger partial charge is 0.466 e. The van der Waals surface area contributed by atoms with Crippen molar-refractivity contribution in [3.05, 3.63) is 0 Å². The zero-order chi connectivity index (χ0) is 9.47. The van der Waals surface area contributed by atoms with E-state index in [1.165, 1.54) is 7.11 Å². The summed E-state index contributed by atoms with van der Waals surface area (Å²) in [4.78, 5) is 16.8. The van der Waals surface area contributed by atoms with Crippen LogP contribution in [0.1, 0.15) is 26.2 Å². The van der Waals surface area contributed by atoms with Gasteiger partial charge in [0.1, 0.15) is 0 Å². The molecule has 0 radical (unpaired) electrons. The molecule has 0 bridgehead atoms. The second-order valence-corrected chi connectivity index (χ2v) is 3.65. The van der Waals surface area contributed by atoms with Gasteiger partial charge in [-0.25, -0.2) is 4.79 Å². The summed E-state index contributed by atoms with van der Waals surface area (Å²) in [7, 11) is 1.39. The van der Waals surface area contributed by atoms with Crippen molar-refractivity contribution in [2.75, 3.05) is 7.11 Å². The third-order valence-electron chi connectivity index (χ3n) is 2.99. The molecule has 2 rings (SSSR count). The van der Waals surface area contributed by atoms with E-state index in [1.54, 1.807) is 0 Å². The van der Waals surface area contributed by atoms with E-state index in [1.807, 2.05) is 6.92 Å². The molecule has 2 unspecified atom stereocenters. The molecule has 0 N–H and O–H groups in total. The van der Waals surface area contributed by atoms with Gasteiger partial charge in [0.2, 0.25) is 5.60 Å². The molecule has 2 atom stereocenters. The van der Waals surface area contributed by atoms with Crippen LogP contribution in [-0.4, -0.2) is 24.4 Å². The quantitative estimate of drug-likeness (QED) is 0.572. The normalized spacial score (nSPS) is 36.5. The molecule has 0 aromatic carbocycles. The number of hydrogen-bond donors (Lipinski definition) is 0. The fourth-order valence-corrected chi connectivity index (χ4v) is 2.30. The molecule has 4 heteroatoms. The lowest BCUT2D eigenvalue weighted by molar-refractivity contribution is -0.168. The lowest BCUT2D eigenvalue weighted by atomic mass is 9.88. The number of carbonyl (C=O) groups is 1. The number of oxime groups is 1. The van der Waals surface area contributed by atoms with Crippen molar-refractivity contribution in [2.45, 2.75) is 31.8 Å². The highest BCUT2D eigenvalue weighted by Gasteiger charge is 2.57. The molecule has 0 amide bonds. The number of hydrogen-bond acceptors (Lipinski definition) is 4. The predicted molar refractivity (Wildman–Crippen MR) is 46.3 cm³/mol. The van der Waals surface area contributed by atoms with Crippen LogP contribution in [0.15, 0.2) is 5.16 Å². The fourth-order valence-electron chi connectivity index (χ4n) is 2.30. The van der Waals surface area contributed by atoms with Gasteiger partial charge >= 0.3 is 5.97 Å². The summed E-state index contributed by atoms with van der Waals surface area (Å²) in [5.74, 6) is -0.143. The van der Waals surface area contributed by atoms with E-state index in [0.717, 1.165) is 25.0 Å². The minimum atomic E-state index is -0.779. The maximum absolute atomic E-state index is 11.5. The maximum atomic E-state index is 11.5. The summed E-state index contributed by atoms with van der Waals surface area (Å²) in [5, 5.41) is 3.88. The number of methoxy groups -OCH3 is 1. The van der Waals surface area contributed by atoms with Crippen molar-refractivity contribution < 1.29 is 14.4 Å². The van der Waals surface area contributed by atoms with Crippen LogP contribution in [0.4, 0.5) is 0 Å². The van der Waals surface area contributed by atoms with Crippen LogP contribution in [0.25, 0.3) is 0 Å². The highest BCUT2D eigenvalue weighted by atomic mass is 16.7. The lowest BCUT2D eigenvalue weighted by Gasteiger charge is -2.23. The van der Waals surface area contributed by atoms with Gasteiger partial charge < -0.3 is 9.57 Å². The van der Waals surface area contributed by atoms with Gasteiger partial charge in [-0.3, -0.25) is 0 Å². The molecule has 0 aromatic heterocycles. The lowest BCUT2D eigenvalue weighted by Crippen LogP contribution is -2.43. The summed E-state index contributed by atoms with van der Waals surface area (Å²) in [5.41, 5.74) is 0.140. The number of fused-ring (bicyclic) bond motifs is 1. The average Bonchev–Trinajstić information content (AvgIpc) is 2.67. The van der Waals surface area contributed by atoms with Crippen LogP contribution in [0.3, 0.4) is 0 Å². The molecular weight excluding hydrogens is 170 g/mol. The van der Waals surface area contributed by atoms with Crippen molar-refractivity contribution in [3.8, 4) is 0 Å². The summed E-state index contributed by atoms with van der Waals surface area (Å²) in [6, 6.07) is 0. The van der Waals surface area contributed by atoms with Gasteiger partial charge in [-0.05, 0) is 19.8 Å². The van der Waals surface area contributed by atoms with E-state index in [2.05, 4.69) is 5.16 Å². The molecule has 4 nitrogen and oxygen atoms in total. The summed E-state index contributed by atoms with van der Waals surface area (Å²) >= 11 is 0. The SMILES string of the molecule is COC(=O)C12CCCC1C(C)=NO2. The smallest absolute Gasteiger partial charge is 0.353 e. The van der Waals surface area contributed by atoms with E-state index in [0.29, 0.717) is 0 Å². The van der Waals surface area contributed by atoms with Crippen LogP contribution in [0.2, 0.25) is 0 Å². The van der Waals surface area contributed by atoms with Crippen LogP contribution < -0.4 is 0 Å². The Labute approximate surface area is 76.9 Å². The van der Waals surface area contributed by atoms with Gasteiger partial charge in [-0.1, -0.05) is 5.16 Å². The Morgan fingerprint density at radius 1 is 1.77 bits per heavy atom. The number of ether oxygens (including phenoxy) is 1. The molecule has 1 heterocycles. The first-order valence-electron chi connectivity index (χ1n) is 4.52. The van der Waals surface area contributed by atoms with Crippen molar-refractivity contribution >= 4 is 11.7 Å². The zero-order valence-electron chi connectivity index (χ0n) is 7.87. The van der Waals surface area contributed by atoms with Gasteiger partial charge in [0, 0.05) is 6.42 Å². The van der Waals surface area contributed by atoms with E-state index in [-0.39, 0.29) is 11.9 Å². The van der Waals surface area contributed by atoms with Gasteiger partial charge in [0.15, 0.2) is 0 Å². The number of carbonyl (C=O) groups excluding carboxylic acids is 1. The minimum absolute atomic E-state index is 0.139. The third kappa shape index (κ3) is 0.975. The van der Waals surface area contributed by atoms with Gasteiger partial charge in [0.05, 0.1) is 18.7 Å². The molecule has 2 aliphatic rings. The number of nitrogens with zero attached hydrogens (tertiary/aromatic N) is 1. The van der Waals surface area contributed by atoms with Crippen LogP contribution in [0, 0.1) is 5.92 Å². The highest BCUT2D eigenvalue weighted by Crippen LogP contribution is 2.44.